The third-order valence-corrected chi connectivity index (χ3v) is 11.5. The van der Waals surface area contributed by atoms with Crippen LogP contribution in [0.4, 0.5) is 0 Å². The van der Waals surface area contributed by atoms with Gasteiger partial charge < -0.3 is 0 Å². The molecule has 2 aliphatic carbocycles. The number of hydrogen-bond acceptors (Lipinski definition) is 4. The lowest BCUT2D eigenvalue weighted by atomic mass is 9.65. The number of benzene rings is 7. The molecular formula is C49H31N3S. The molecule has 0 saturated carbocycles. The van der Waals surface area contributed by atoms with Crippen molar-refractivity contribution in [3.63, 3.8) is 0 Å². The van der Waals surface area contributed by atoms with Crippen LogP contribution in [0.5, 0.6) is 0 Å². The summed E-state index contributed by atoms with van der Waals surface area (Å²) in [6, 6.07) is 31.9. The molecule has 11 rings (SSSR count). The summed E-state index contributed by atoms with van der Waals surface area (Å²) < 4.78 is 80.1. The summed E-state index contributed by atoms with van der Waals surface area (Å²) in [6.45, 7) is 1.52. The summed E-state index contributed by atoms with van der Waals surface area (Å²) in [4.78, 5) is 14.3. The lowest BCUT2D eigenvalue weighted by Crippen LogP contribution is -2.30. The van der Waals surface area contributed by atoms with E-state index >= 15 is 0 Å². The van der Waals surface area contributed by atoms with Gasteiger partial charge in [0.2, 0.25) is 0 Å². The van der Waals surface area contributed by atoms with Crippen molar-refractivity contribution in [1.82, 2.24) is 15.0 Å². The fraction of sp³-hybridized carbons (Fsp3) is 0.0408. The highest BCUT2D eigenvalue weighted by atomic mass is 32.1. The van der Waals surface area contributed by atoms with Crippen molar-refractivity contribution < 1.29 is 12.3 Å². The van der Waals surface area contributed by atoms with Crippen molar-refractivity contribution in [3.8, 4) is 45.3 Å². The predicted molar refractivity (Wildman–Crippen MR) is 220 cm³/mol. The summed E-state index contributed by atoms with van der Waals surface area (Å²) in [7, 11) is 0. The van der Waals surface area contributed by atoms with E-state index in [1.807, 2.05) is 24.3 Å². The van der Waals surface area contributed by atoms with Crippen LogP contribution in [0.3, 0.4) is 0 Å². The van der Waals surface area contributed by atoms with Crippen LogP contribution >= 0.6 is 11.3 Å². The summed E-state index contributed by atoms with van der Waals surface area (Å²) >= 11 is 1.76. The van der Waals surface area contributed by atoms with Crippen LogP contribution < -0.4 is 0 Å². The molecular weight excluding hydrogens is 663 g/mol. The van der Waals surface area contributed by atoms with E-state index in [4.69, 9.17) is 22.3 Å². The maximum Gasteiger partial charge on any atom is 0.164 e. The zero-order chi connectivity index (χ0) is 42.9. The third-order valence-electron chi connectivity index (χ3n) is 10.4. The van der Waals surface area contributed by atoms with E-state index in [1.165, 1.54) is 22.4 Å². The maximum absolute atomic E-state index is 9.01. The molecule has 0 amide bonds. The Kier molecular flexibility index (Phi) is 4.87. The van der Waals surface area contributed by atoms with Gasteiger partial charge in [0.15, 0.2) is 17.5 Å². The second-order valence-corrected chi connectivity index (χ2v) is 14.4. The van der Waals surface area contributed by atoms with Crippen LogP contribution in [0, 0.1) is 6.92 Å². The smallest absolute Gasteiger partial charge is 0.164 e. The number of rotatable bonds is 3. The summed E-state index contributed by atoms with van der Waals surface area (Å²) in [6.07, 6.45) is 4.25. The fourth-order valence-corrected chi connectivity index (χ4v) is 9.32. The molecule has 9 aromatic rings. The molecule has 0 fully saturated rings. The Hall–Kier alpha value is -6.49. The van der Waals surface area contributed by atoms with Crippen molar-refractivity contribution in [3.05, 3.63) is 196 Å². The minimum absolute atomic E-state index is 0.0701. The first-order valence-electron chi connectivity index (χ1n) is 21.8. The molecule has 7 aromatic carbocycles. The molecule has 0 N–H and O–H groups in total. The minimum Gasteiger partial charge on any atom is -0.208 e. The zero-order valence-corrected chi connectivity index (χ0v) is 29.0. The largest absolute Gasteiger partial charge is 0.208 e. The molecule has 1 unspecified atom stereocenters. The molecule has 1 spiro atoms. The SMILES string of the molecule is [2H]c1c([2H])c([2H])c(-c2nc(-c3ccc4c(c3)C3(c5ccccc5C=C4)c4ccccc4-c4cc5c(cc43)sc3ccccc35)nc(-c3c([2H])c([2H])c([2H])c(C)c3[2H])n2)c([2H])c1[2H]. The van der Waals surface area contributed by atoms with Crippen LogP contribution in [0.1, 0.15) is 51.3 Å². The van der Waals surface area contributed by atoms with E-state index in [0.29, 0.717) is 5.56 Å². The number of nitrogens with zero attached hydrogens (tertiary/aromatic N) is 3. The molecule has 4 heteroatoms. The average molecular weight is 703 g/mol. The van der Waals surface area contributed by atoms with Gasteiger partial charge in [-0.3, -0.25) is 0 Å². The van der Waals surface area contributed by atoms with Gasteiger partial charge in [-0.15, -0.1) is 11.3 Å². The van der Waals surface area contributed by atoms with Gasteiger partial charge in [0.1, 0.15) is 0 Å². The van der Waals surface area contributed by atoms with E-state index in [0.717, 1.165) is 49.2 Å². The highest BCUT2D eigenvalue weighted by molar-refractivity contribution is 7.25. The first-order valence-corrected chi connectivity index (χ1v) is 18.1. The van der Waals surface area contributed by atoms with Crippen LogP contribution in [0.15, 0.2) is 158 Å². The van der Waals surface area contributed by atoms with E-state index in [2.05, 4.69) is 96.0 Å². The first kappa shape index (κ1) is 22.4. The normalized spacial score (nSPS) is 17.6. The van der Waals surface area contributed by atoms with Crippen molar-refractivity contribution in [2.45, 2.75) is 12.3 Å². The Bertz CT molecular complexity index is 3360. The standard InChI is InChI=1S/C49H31N3S/c1-30-12-11-16-34(26-30)47-50-46(33-14-3-2-4-15-33)51-48(52-47)35-25-24-32-23-22-31-13-5-8-19-40(31)49(42(32)27-35)41-20-9-6-17-36(41)38-28-39-37-18-7-10-21-44(37)53-45(39)29-43(38)49/h2-29H,1H3/i2D,3D,4D,11D,12D,14D,15D,16D,26D. The Morgan fingerprint density at radius 3 is 2.08 bits per heavy atom. The van der Waals surface area contributed by atoms with E-state index < -0.39 is 47.7 Å². The molecule has 1 atom stereocenters. The van der Waals surface area contributed by atoms with Crippen molar-refractivity contribution in [2.24, 2.45) is 0 Å². The van der Waals surface area contributed by atoms with Gasteiger partial charge in [-0.05, 0) is 81.7 Å². The molecule has 2 aliphatic rings. The second kappa shape index (κ2) is 11.5. The zero-order valence-electron chi connectivity index (χ0n) is 37.2. The van der Waals surface area contributed by atoms with Crippen LogP contribution in [-0.2, 0) is 5.41 Å². The van der Waals surface area contributed by atoms with Gasteiger partial charge in [-0.1, -0.05) is 145 Å². The summed E-state index contributed by atoms with van der Waals surface area (Å²) in [5.74, 6) is -0.374. The van der Waals surface area contributed by atoms with Gasteiger partial charge in [-0.25, -0.2) is 15.0 Å². The topological polar surface area (TPSA) is 38.7 Å². The Morgan fingerprint density at radius 2 is 1.21 bits per heavy atom. The number of fused-ring (bicyclic) bond motifs is 12. The van der Waals surface area contributed by atoms with E-state index in [9.17, 15) is 0 Å². The van der Waals surface area contributed by atoms with E-state index in [-0.39, 0.29) is 46.2 Å². The average Bonchev–Trinajstić information content (AvgIpc) is 3.75. The van der Waals surface area contributed by atoms with Crippen molar-refractivity contribution >= 4 is 43.7 Å². The third kappa shape index (κ3) is 4.49. The molecule has 0 saturated heterocycles. The van der Waals surface area contributed by atoms with Crippen LogP contribution in [0.25, 0.3) is 77.6 Å². The Balaban J connectivity index is 1.24. The predicted octanol–water partition coefficient (Wildman–Crippen LogP) is 12.4. The van der Waals surface area contributed by atoms with E-state index in [1.54, 1.807) is 11.3 Å². The van der Waals surface area contributed by atoms with Gasteiger partial charge in [0.05, 0.1) is 17.8 Å². The highest BCUT2D eigenvalue weighted by Crippen LogP contribution is 2.60. The molecule has 0 radical (unpaired) electrons. The first-order chi connectivity index (χ1) is 29.9. The summed E-state index contributed by atoms with van der Waals surface area (Å²) in [5, 5.41) is 2.40. The molecule has 0 bridgehead atoms. The fourth-order valence-electron chi connectivity index (χ4n) is 8.19. The lowest BCUT2D eigenvalue weighted by molar-refractivity contribution is 0.767. The maximum atomic E-state index is 9.01. The molecule has 3 nitrogen and oxygen atoms in total. The van der Waals surface area contributed by atoms with Crippen LogP contribution in [0.2, 0.25) is 0 Å². The molecule has 248 valence electrons. The molecule has 2 heterocycles. The van der Waals surface area contributed by atoms with Crippen LogP contribution in [-0.4, -0.2) is 15.0 Å². The van der Waals surface area contributed by atoms with Gasteiger partial charge in [-0.2, -0.15) is 0 Å². The summed E-state index contributed by atoms with van der Waals surface area (Å²) in [5.41, 5.74) is 7.93. The Morgan fingerprint density at radius 1 is 0.509 bits per heavy atom. The van der Waals surface area contributed by atoms with Gasteiger partial charge in [0.25, 0.3) is 0 Å². The number of hydrogen-bond donors (Lipinski definition) is 0. The number of aromatic nitrogens is 3. The molecule has 2 aromatic heterocycles. The quantitative estimate of drug-likeness (QED) is 0.184. The monoisotopic (exact) mass is 702 g/mol. The van der Waals surface area contributed by atoms with Gasteiger partial charge >= 0.3 is 0 Å². The minimum atomic E-state index is -0.836. The molecule has 53 heavy (non-hydrogen) atoms. The number of thiophene rings is 1. The second-order valence-electron chi connectivity index (χ2n) is 13.3. The highest BCUT2D eigenvalue weighted by Gasteiger charge is 2.49. The molecule has 0 aliphatic heterocycles. The Labute approximate surface area is 324 Å². The van der Waals surface area contributed by atoms with Crippen molar-refractivity contribution in [2.75, 3.05) is 0 Å². The van der Waals surface area contributed by atoms with Gasteiger partial charge in [0, 0.05) is 36.9 Å². The van der Waals surface area contributed by atoms with Crippen molar-refractivity contribution in [1.29, 1.82) is 0 Å². The lowest BCUT2D eigenvalue weighted by Gasteiger charge is -2.35.